The molecule has 0 bridgehead atoms. The van der Waals surface area contributed by atoms with Crippen LogP contribution in [0, 0.1) is 5.82 Å². The molecule has 0 radical (unpaired) electrons. The quantitative estimate of drug-likeness (QED) is 0.798. The number of unbranched alkanes of at least 4 members (excludes halogenated alkanes) is 2. The van der Waals surface area contributed by atoms with E-state index < -0.39 is 6.10 Å². The Hall–Kier alpha value is -0.410. The molecule has 0 heterocycles. The minimum atomic E-state index is -0.568. The molecule has 1 N–H and O–H groups in total. The first-order valence-electron chi connectivity index (χ1n) is 5.28. The van der Waals surface area contributed by atoms with E-state index in [1.54, 1.807) is 6.07 Å². The summed E-state index contributed by atoms with van der Waals surface area (Å²) in [6, 6.07) is 4.40. The lowest BCUT2D eigenvalue weighted by Gasteiger charge is -2.12. The Morgan fingerprint density at radius 2 is 2.13 bits per heavy atom. The van der Waals surface area contributed by atoms with E-state index in [0.717, 1.165) is 23.7 Å². The standard InChI is InChI=1S/C12H16BrFO/c1-2-3-4-5-12(15)10-8-9(14)6-7-11(10)13/h6-8,12,15H,2-5H2,1H3. The normalized spacial score (nSPS) is 12.8. The molecule has 1 nitrogen and oxygen atoms in total. The number of benzene rings is 1. The van der Waals surface area contributed by atoms with Crippen LogP contribution in [0.3, 0.4) is 0 Å². The number of rotatable bonds is 5. The van der Waals surface area contributed by atoms with Gasteiger partial charge < -0.3 is 5.11 Å². The van der Waals surface area contributed by atoms with E-state index in [1.165, 1.54) is 12.1 Å². The number of halogens is 2. The minimum Gasteiger partial charge on any atom is -0.388 e. The SMILES string of the molecule is CCCCCC(O)c1cc(F)ccc1Br. The summed E-state index contributed by atoms with van der Waals surface area (Å²) in [6.45, 7) is 2.12. The molecule has 3 heteroatoms. The van der Waals surface area contributed by atoms with Gasteiger partial charge in [0.25, 0.3) is 0 Å². The second-order valence-corrected chi connectivity index (χ2v) is 4.53. The van der Waals surface area contributed by atoms with Crippen molar-refractivity contribution in [2.45, 2.75) is 38.7 Å². The fourth-order valence-electron chi connectivity index (χ4n) is 1.51. The van der Waals surface area contributed by atoms with Gasteiger partial charge in [-0.2, -0.15) is 0 Å². The van der Waals surface area contributed by atoms with E-state index >= 15 is 0 Å². The van der Waals surface area contributed by atoms with E-state index in [2.05, 4.69) is 22.9 Å². The highest BCUT2D eigenvalue weighted by molar-refractivity contribution is 9.10. The molecule has 84 valence electrons. The highest BCUT2D eigenvalue weighted by Crippen LogP contribution is 2.27. The van der Waals surface area contributed by atoms with Gasteiger partial charge in [-0.3, -0.25) is 0 Å². The lowest BCUT2D eigenvalue weighted by atomic mass is 10.0. The maximum Gasteiger partial charge on any atom is 0.123 e. The number of aliphatic hydroxyl groups excluding tert-OH is 1. The molecule has 0 aromatic heterocycles. The zero-order valence-corrected chi connectivity index (χ0v) is 10.4. The zero-order chi connectivity index (χ0) is 11.3. The summed E-state index contributed by atoms with van der Waals surface area (Å²) in [5, 5.41) is 9.86. The van der Waals surface area contributed by atoms with Crippen molar-refractivity contribution in [2.75, 3.05) is 0 Å². The second kappa shape index (κ2) is 6.23. The van der Waals surface area contributed by atoms with Crippen molar-refractivity contribution in [3.63, 3.8) is 0 Å². The summed E-state index contributed by atoms with van der Waals surface area (Å²) in [5.74, 6) is -0.303. The number of aliphatic hydroxyl groups is 1. The van der Waals surface area contributed by atoms with Crippen LogP contribution >= 0.6 is 15.9 Å². The van der Waals surface area contributed by atoms with Crippen LogP contribution in [0.1, 0.15) is 44.3 Å². The maximum absolute atomic E-state index is 13.0. The van der Waals surface area contributed by atoms with Crippen molar-refractivity contribution in [1.82, 2.24) is 0 Å². The smallest absolute Gasteiger partial charge is 0.123 e. The van der Waals surface area contributed by atoms with Crippen LogP contribution in [0.15, 0.2) is 22.7 Å². The summed E-state index contributed by atoms with van der Waals surface area (Å²) in [4.78, 5) is 0. The summed E-state index contributed by atoms with van der Waals surface area (Å²) >= 11 is 3.31. The monoisotopic (exact) mass is 274 g/mol. The molecule has 15 heavy (non-hydrogen) atoms. The average Bonchev–Trinajstić information content (AvgIpc) is 2.22. The van der Waals surface area contributed by atoms with Crippen molar-refractivity contribution < 1.29 is 9.50 Å². The Bertz CT molecular complexity index is 314. The van der Waals surface area contributed by atoms with E-state index in [-0.39, 0.29) is 5.82 Å². The third-order valence-corrected chi connectivity index (χ3v) is 3.12. The summed E-state index contributed by atoms with van der Waals surface area (Å²) in [5.41, 5.74) is 0.645. The van der Waals surface area contributed by atoms with Crippen LogP contribution < -0.4 is 0 Å². The first-order chi connectivity index (χ1) is 7.15. The molecular weight excluding hydrogens is 259 g/mol. The maximum atomic E-state index is 13.0. The molecule has 1 aromatic rings. The fourth-order valence-corrected chi connectivity index (χ4v) is 2.02. The van der Waals surface area contributed by atoms with E-state index in [0.29, 0.717) is 12.0 Å². The molecule has 1 aromatic carbocycles. The van der Waals surface area contributed by atoms with Gasteiger partial charge in [-0.25, -0.2) is 4.39 Å². The van der Waals surface area contributed by atoms with Crippen LogP contribution in [0.2, 0.25) is 0 Å². The van der Waals surface area contributed by atoms with Crippen molar-refractivity contribution in [1.29, 1.82) is 0 Å². The zero-order valence-electron chi connectivity index (χ0n) is 8.84. The second-order valence-electron chi connectivity index (χ2n) is 3.68. The van der Waals surface area contributed by atoms with Gasteiger partial charge in [-0.15, -0.1) is 0 Å². The van der Waals surface area contributed by atoms with Crippen molar-refractivity contribution in [3.05, 3.63) is 34.1 Å². The first kappa shape index (κ1) is 12.7. The van der Waals surface area contributed by atoms with Gasteiger partial charge in [-0.1, -0.05) is 42.1 Å². The molecule has 1 atom stereocenters. The first-order valence-corrected chi connectivity index (χ1v) is 6.07. The van der Waals surface area contributed by atoms with E-state index in [9.17, 15) is 9.50 Å². The van der Waals surface area contributed by atoms with Gasteiger partial charge in [0.1, 0.15) is 5.82 Å². The third-order valence-electron chi connectivity index (χ3n) is 2.40. The van der Waals surface area contributed by atoms with E-state index in [4.69, 9.17) is 0 Å². The Kier molecular flexibility index (Phi) is 5.26. The molecule has 0 aliphatic carbocycles. The Morgan fingerprint density at radius 1 is 1.40 bits per heavy atom. The topological polar surface area (TPSA) is 20.2 Å². The van der Waals surface area contributed by atoms with Crippen molar-refractivity contribution >= 4 is 15.9 Å². The molecule has 1 unspecified atom stereocenters. The summed E-state index contributed by atoms with van der Waals surface area (Å²) < 4.78 is 13.7. The average molecular weight is 275 g/mol. The van der Waals surface area contributed by atoms with Crippen LogP contribution in [0.4, 0.5) is 4.39 Å². The van der Waals surface area contributed by atoms with Gasteiger partial charge in [0, 0.05) is 4.47 Å². The Balaban J connectivity index is 2.64. The van der Waals surface area contributed by atoms with Gasteiger partial charge in [0.15, 0.2) is 0 Å². The largest absolute Gasteiger partial charge is 0.388 e. The molecule has 1 rings (SSSR count). The molecule has 0 amide bonds. The Morgan fingerprint density at radius 3 is 2.80 bits per heavy atom. The van der Waals surface area contributed by atoms with Crippen molar-refractivity contribution in [3.8, 4) is 0 Å². The molecular formula is C12H16BrFO. The molecule has 0 saturated carbocycles. The molecule has 0 fully saturated rings. The Labute approximate surface area is 98.4 Å². The highest BCUT2D eigenvalue weighted by Gasteiger charge is 2.11. The van der Waals surface area contributed by atoms with Gasteiger partial charge >= 0.3 is 0 Å². The lowest BCUT2D eigenvalue weighted by Crippen LogP contribution is -1.99. The molecule has 0 saturated heterocycles. The number of hydrogen-bond donors (Lipinski definition) is 1. The molecule has 0 spiro atoms. The fraction of sp³-hybridized carbons (Fsp3) is 0.500. The lowest BCUT2D eigenvalue weighted by molar-refractivity contribution is 0.162. The van der Waals surface area contributed by atoms with Crippen LogP contribution in [-0.4, -0.2) is 5.11 Å². The summed E-state index contributed by atoms with van der Waals surface area (Å²) in [6.07, 6.45) is 3.32. The highest BCUT2D eigenvalue weighted by atomic mass is 79.9. The van der Waals surface area contributed by atoms with Gasteiger partial charge in [0.2, 0.25) is 0 Å². The molecule has 0 aliphatic rings. The van der Waals surface area contributed by atoms with Crippen LogP contribution in [0.25, 0.3) is 0 Å². The summed E-state index contributed by atoms with van der Waals surface area (Å²) in [7, 11) is 0. The third kappa shape index (κ3) is 3.92. The predicted octanol–water partition coefficient (Wildman–Crippen LogP) is 4.20. The van der Waals surface area contributed by atoms with Gasteiger partial charge in [0.05, 0.1) is 6.10 Å². The predicted molar refractivity (Wildman–Crippen MR) is 63.2 cm³/mol. The molecule has 0 aliphatic heterocycles. The van der Waals surface area contributed by atoms with Gasteiger partial charge in [-0.05, 0) is 30.2 Å². The number of hydrogen-bond acceptors (Lipinski definition) is 1. The van der Waals surface area contributed by atoms with Crippen molar-refractivity contribution in [2.24, 2.45) is 0 Å². The van der Waals surface area contributed by atoms with Crippen LogP contribution in [0.5, 0.6) is 0 Å². The van der Waals surface area contributed by atoms with E-state index in [1.807, 2.05) is 0 Å². The minimum absolute atomic E-state index is 0.303. The van der Waals surface area contributed by atoms with Crippen LogP contribution in [-0.2, 0) is 0 Å².